The molecule has 3 unspecified atom stereocenters. The summed E-state index contributed by atoms with van der Waals surface area (Å²) in [5, 5.41) is 3.76. The van der Waals surface area contributed by atoms with Crippen molar-refractivity contribution in [3.63, 3.8) is 0 Å². The Kier molecular flexibility index (Phi) is 3.17. The zero-order valence-corrected chi connectivity index (χ0v) is 12.8. The number of halogens is 1. The molecule has 3 heterocycles. The summed E-state index contributed by atoms with van der Waals surface area (Å²) in [5.74, 6) is 0.883. The summed E-state index contributed by atoms with van der Waals surface area (Å²) in [5.41, 5.74) is 3.13. The summed E-state index contributed by atoms with van der Waals surface area (Å²) in [6.07, 6.45) is 5.29. The molecular weight excluding hydrogens is 300 g/mol. The minimum Gasteiger partial charge on any atom is -0.314 e. The van der Waals surface area contributed by atoms with Crippen LogP contribution in [0.1, 0.15) is 36.4 Å². The molecule has 3 aliphatic heterocycles. The van der Waals surface area contributed by atoms with Crippen LogP contribution in [-0.4, -0.2) is 30.6 Å². The van der Waals surface area contributed by atoms with Gasteiger partial charge in [-0.15, -0.1) is 0 Å². The van der Waals surface area contributed by atoms with Gasteiger partial charge in [-0.05, 0) is 55.3 Å². The van der Waals surface area contributed by atoms with Crippen LogP contribution in [0.15, 0.2) is 22.7 Å². The number of nitrogens with one attached hydrogen (secondary N) is 1. The number of piperidine rings is 2. The summed E-state index contributed by atoms with van der Waals surface area (Å²) in [4.78, 5) is 2.74. The lowest BCUT2D eigenvalue weighted by Gasteiger charge is -2.49. The summed E-state index contributed by atoms with van der Waals surface area (Å²) >= 11 is 3.78. The molecule has 102 valence electrons. The molecule has 0 spiro atoms. The van der Waals surface area contributed by atoms with Gasteiger partial charge < -0.3 is 5.32 Å². The number of rotatable bonds is 0. The van der Waals surface area contributed by atoms with Crippen LogP contribution in [0.3, 0.4) is 0 Å². The Morgan fingerprint density at radius 2 is 2.26 bits per heavy atom. The highest BCUT2D eigenvalue weighted by Crippen LogP contribution is 2.43. The molecule has 2 fully saturated rings. The molecule has 1 N–H and O–H groups in total. The van der Waals surface area contributed by atoms with Gasteiger partial charge in [0.05, 0.1) is 0 Å². The second-order valence-corrected chi connectivity index (χ2v) is 7.13. The third-order valence-electron chi connectivity index (χ3n) is 5.26. The van der Waals surface area contributed by atoms with Crippen molar-refractivity contribution in [1.29, 1.82) is 0 Å². The standard InChI is InChI=1S/C16H21BrN2/c17-13-5-1-3-11-6-8-19-10-12-4-2-7-18-14(12)9-15(19)16(11)13/h1,3,5,12,14-15,18H,2,4,6-10H2. The monoisotopic (exact) mass is 320 g/mol. The van der Waals surface area contributed by atoms with Crippen molar-refractivity contribution < 1.29 is 0 Å². The van der Waals surface area contributed by atoms with Crippen molar-refractivity contribution in [3.8, 4) is 0 Å². The van der Waals surface area contributed by atoms with E-state index in [1.54, 1.807) is 11.1 Å². The molecule has 0 amide bonds. The molecule has 2 saturated heterocycles. The third kappa shape index (κ3) is 2.07. The van der Waals surface area contributed by atoms with E-state index in [0.29, 0.717) is 6.04 Å². The third-order valence-corrected chi connectivity index (χ3v) is 5.95. The summed E-state index contributed by atoms with van der Waals surface area (Å²) in [6, 6.07) is 8.09. The maximum atomic E-state index is 3.78. The first-order valence-electron chi connectivity index (χ1n) is 7.57. The van der Waals surface area contributed by atoms with Crippen LogP contribution in [0, 0.1) is 5.92 Å². The van der Waals surface area contributed by atoms with Crippen molar-refractivity contribution >= 4 is 15.9 Å². The van der Waals surface area contributed by atoms with E-state index in [2.05, 4.69) is 44.3 Å². The Morgan fingerprint density at radius 3 is 3.21 bits per heavy atom. The Hall–Kier alpha value is -0.380. The van der Waals surface area contributed by atoms with Crippen molar-refractivity contribution in [2.24, 2.45) is 5.92 Å². The number of hydrogen-bond donors (Lipinski definition) is 1. The van der Waals surface area contributed by atoms with Crippen LogP contribution >= 0.6 is 15.9 Å². The fourth-order valence-corrected chi connectivity index (χ4v) is 4.99. The Labute approximate surface area is 123 Å². The van der Waals surface area contributed by atoms with Crippen LogP contribution in [-0.2, 0) is 6.42 Å². The summed E-state index contributed by atoms with van der Waals surface area (Å²) < 4.78 is 1.31. The van der Waals surface area contributed by atoms with Crippen molar-refractivity contribution in [2.75, 3.05) is 19.6 Å². The molecule has 1 aromatic carbocycles. The normalized spacial score (nSPS) is 34.3. The molecule has 4 rings (SSSR count). The van der Waals surface area contributed by atoms with Crippen LogP contribution in [0.5, 0.6) is 0 Å². The first-order chi connectivity index (χ1) is 9.33. The first-order valence-corrected chi connectivity index (χ1v) is 8.37. The van der Waals surface area contributed by atoms with Gasteiger partial charge in [-0.2, -0.15) is 0 Å². The molecule has 3 heteroatoms. The van der Waals surface area contributed by atoms with Crippen LogP contribution in [0.4, 0.5) is 0 Å². The number of hydrogen-bond acceptors (Lipinski definition) is 2. The van der Waals surface area contributed by atoms with Crippen molar-refractivity contribution in [1.82, 2.24) is 10.2 Å². The van der Waals surface area contributed by atoms with Gasteiger partial charge in [-0.1, -0.05) is 28.1 Å². The zero-order chi connectivity index (χ0) is 12.8. The Bertz CT molecular complexity index is 488. The highest BCUT2D eigenvalue weighted by atomic mass is 79.9. The predicted octanol–water partition coefficient (Wildman–Crippen LogP) is 3.12. The van der Waals surface area contributed by atoms with Gasteiger partial charge in [-0.25, -0.2) is 0 Å². The van der Waals surface area contributed by atoms with E-state index in [1.807, 2.05) is 0 Å². The molecule has 3 aliphatic rings. The lowest BCUT2D eigenvalue weighted by atomic mass is 9.77. The fourth-order valence-electron chi connectivity index (χ4n) is 4.32. The van der Waals surface area contributed by atoms with E-state index in [1.165, 1.54) is 49.8 Å². The molecule has 19 heavy (non-hydrogen) atoms. The molecule has 0 aromatic heterocycles. The first kappa shape index (κ1) is 12.4. The van der Waals surface area contributed by atoms with E-state index in [0.717, 1.165) is 12.0 Å². The summed E-state index contributed by atoms with van der Waals surface area (Å²) in [6.45, 7) is 3.76. The molecule has 0 bridgehead atoms. The Morgan fingerprint density at radius 1 is 1.32 bits per heavy atom. The lowest BCUT2D eigenvalue weighted by Crippen LogP contribution is -2.54. The maximum Gasteiger partial charge on any atom is 0.0377 e. The molecule has 3 atom stereocenters. The average Bonchev–Trinajstić information content (AvgIpc) is 2.45. The molecule has 0 radical (unpaired) electrons. The highest BCUT2D eigenvalue weighted by Gasteiger charge is 2.40. The number of fused-ring (bicyclic) bond motifs is 4. The van der Waals surface area contributed by atoms with Crippen LogP contribution in [0.25, 0.3) is 0 Å². The maximum absolute atomic E-state index is 3.78. The van der Waals surface area contributed by atoms with Crippen molar-refractivity contribution in [3.05, 3.63) is 33.8 Å². The van der Waals surface area contributed by atoms with Crippen LogP contribution in [0.2, 0.25) is 0 Å². The van der Waals surface area contributed by atoms with E-state index in [9.17, 15) is 0 Å². The number of nitrogens with zero attached hydrogens (tertiary/aromatic N) is 1. The van der Waals surface area contributed by atoms with Gasteiger partial charge in [0.25, 0.3) is 0 Å². The lowest BCUT2D eigenvalue weighted by molar-refractivity contribution is 0.0548. The quantitative estimate of drug-likeness (QED) is 0.790. The Balaban J connectivity index is 1.68. The minimum atomic E-state index is 0.631. The van der Waals surface area contributed by atoms with Gasteiger partial charge in [0.15, 0.2) is 0 Å². The smallest absolute Gasteiger partial charge is 0.0377 e. The zero-order valence-electron chi connectivity index (χ0n) is 11.2. The SMILES string of the molecule is Brc1cccc2c1C1CC3NCCCC3CN1CC2. The highest BCUT2D eigenvalue weighted by molar-refractivity contribution is 9.10. The molecule has 2 nitrogen and oxygen atoms in total. The molecule has 1 aromatic rings. The van der Waals surface area contributed by atoms with E-state index in [-0.39, 0.29) is 0 Å². The van der Waals surface area contributed by atoms with Gasteiger partial charge in [0, 0.05) is 29.6 Å². The van der Waals surface area contributed by atoms with E-state index >= 15 is 0 Å². The second-order valence-electron chi connectivity index (χ2n) is 6.27. The minimum absolute atomic E-state index is 0.631. The summed E-state index contributed by atoms with van der Waals surface area (Å²) in [7, 11) is 0. The average molecular weight is 321 g/mol. The van der Waals surface area contributed by atoms with Gasteiger partial charge in [-0.3, -0.25) is 4.90 Å². The van der Waals surface area contributed by atoms with Crippen LogP contribution < -0.4 is 5.32 Å². The number of benzene rings is 1. The largest absolute Gasteiger partial charge is 0.314 e. The molecule has 0 aliphatic carbocycles. The molecular formula is C16H21BrN2. The van der Waals surface area contributed by atoms with Gasteiger partial charge >= 0.3 is 0 Å². The van der Waals surface area contributed by atoms with E-state index < -0.39 is 0 Å². The van der Waals surface area contributed by atoms with Gasteiger partial charge in [0.2, 0.25) is 0 Å². The fraction of sp³-hybridized carbons (Fsp3) is 0.625. The topological polar surface area (TPSA) is 15.3 Å². The predicted molar refractivity (Wildman–Crippen MR) is 81.3 cm³/mol. The van der Waals surface area contributed by atoms with Gasteiger partial charge in [0.1, 0.15) is 0 Å². The van der Waals surface area contributed by atoms with Crippen molar-refractivity contribution in [2.45, 2.75) is 37.8 Å². The van der Waals surface area contributed by atoms with E-state index in [4.69, 9.17) is 0 Å². The molecule has 0 saturated carbocycles. The second kappa shape index (κ2) is 4.87.